The number of benzene rings is 1. The van der Waals surface area contributed by atoms with Crippen LogP contribution in [-0.2, 0) is 9.53 Å². The number of methoxy groups -OCH3 is 1. The van der Waals surface area contributed by atoms with E-state index in [4.69, 9.17) is 10.1 Å². The molecule has 2 rings (SSSR count). The van der Waals surface area contributed by atoms with Crippen molar-refractivity contribution in [3.63, 3.8) is 0 Å². The van der Waals surface area contributed by atoms with Gasteiger partial charge in [0.2, 0.25) is 0 Å². The van der Waals surface area contributed by atoms with Crippen LogP contribution < -0.4 is 5.43 Å². The standard InChI is InChI=1S/C17H21FN4O3/c1-11-3-4-12(17(24)25-2)10-22(11)16(23)14-6-5-13(18)9-15(14)21-20-8-7-19/h5-9,11-12,19,21H,3-4,10H2,1-2H3/b19-7?,20-8-/t11-,12?/m1/s1. The molecule has 0 radical (unpaired) electrons. The lowest BCUT2D eigenvalue weighted by Crippen LogP contribution is -2.47. The molecule has 25 heavy (non-hydrogen) atoms. The number of esters is 1. The van der Waals surface area contributed by atoms with Gasteiger partial charge in [-0.2, -0.15) is 5.10 Å². The molecule has 134 valence electrons. The Bertz CT molecular complexity index is 692. The summed E-state index contributed by atoms with van der Waals surface area (Å²) in [6, 6.07) is 3.71. The molecule has 1 aromatic carbocycles. The van der Waals surface area contributed by atoms with Gasteiger partial charge in [-0.1, -0.05) is 0 Å². The van der Waals surface area contributed by atoms with Crippen molar-refractivity contribution in [2.24, 2.45) is 11.0 Å². The molecule has 0 saturated carbocycles. The third-order valence-electron chi connectivity index (χ3n) is 4.22. The van der Waals surface area contributed by atoms with E-state index in [1.54, 1.807) is 4.90 Å². The van der Waals surface area contributed by atoms with E-state index in [-0.39, 0.29) is 41.6 Å². The van der Waals surface area contributed by atoms with Crippen LogP contribution in [0.3, 0.4) is 0 Å². The van der Waals surface area contributed by atoms with E-state index in [1.165, 1.54) is 31.5 Å². The highest BCUT2D eigenvalue weighted by Crippen LogP contribution is 2.27. The minimum atomic E-state index is -0.511. The number of likely N-dealkylation sites (tertiary alicyclic amines) is 1. The molecular formula is C17H21FN4O3. The molecule has 2 N–H and O–H groups in total. The third-order valence-corrected chi connectivity index (χ3v) is 4.22. The van der Waals surface area contributed by atoms with Gasteiger partial charge in [0.1, 0.15) is 5.82 Å². The average molecular weight is 348 g/mol. The summed E-state index contributed by atoms with van der Waals surface area (Å²) >= 11 is 0. The van der Waals surface area contributed by atoms with Gasteiger partial charge in [0.05, 0.1) is 30.5 Å². The molecule has 8 heteroatoms. The second-order valence-electron chi connectivity index (χ2n) is 5.85. The SMILES string of the molecule is COC(=O)C1CC[C@@H](C)N(C(=O)c2ccc(F)cc2N/N=C\C=N)C1. The Hall–Kier alpha value is -2.77. The van der Waals surface area contributed by atoms with Gasteiger partial charge in [-0.3, -0.25) is 15.0 Å². The molecule has 1 unspecified atom stereocenters. The van der Waals surface area contributed by atoms with Gasteiger partial charge in [-0.05, 0) is 38.0 Å². The number of piperidine rings is 1. The summed E-state index contributed by atoms with van der Waals surface area (Å²) in [6.07, 6.45) is 3.48. The number of carbonyl (C=O) groups excluding carboxylic acids is 2. The predicted molar refractivity (Wildman–Crippen MR) is 92.5 cm³/mol. The Labute approximate surface area is 145 Å². The fourth-order valence-corrected chi connectivity index (χ4v) is 2.84. The predicted octanol–water partition coefficient (Wildman–Crippen LogP) is 2.29. The average Bonchev–Trinajstić information content (AvgIpc) is 2.61. The van der Waals surface area contributed by atoms with Crippen LogP contribution in [0.25, 0.3) is 0 Å². The van der Waals surface area contributed by atoms with Crippen LogP contribution in [0, 0.1) is 17.1 Å². The largest absolute Gasteiger partial charge is 0.469 e. The van der Waals surface area contributed by atoms with Crippen LogP contribution in [0.4, 0.5) is 10.1 Å². The molecule has 0 bridgehead atoms. The number of amides is 1. The zero-order valence-electron chi connectivity index (χ0n) is 14.2. The lowest BCUT2D eigenvalue weighted by atomic mass is 9.92. The van der Waals surface area contributed by atoms with E-state index >= 15 is 0 Å². The van der Waals surface area contributed by atoms with Gasteiger partial charge < -0.3 is 15.0 Å². The normalized spacial score (nSPS) is 20.4. The molecule has 1 aromatic rings. The Morgan fingerprint density at radius 3 is 2.88 bits per heavy atom. The smallest absolute Gasteiger partial charge is 0.310 e. The monoisotopic (exact) mass is 348 g/mol. The number of carbonyl (C=O) groups is 2. The summed E-state index contributed by atoms with van der Waals surface area (Å²) in [5.74, 6) is -1.52. The van der Waals surface area contributed by atoms with Crippen molar-refractivity contribution in [1.82, 2.24) is 4.90 Å². The molecule has 1 aliphatic heterocycles. The summed E-state index contributed by atoms with van der Waals surface area (Å²) in [7, 11) is 1.33. The minimum Gasteiger partial charge on any atom is -0.469 e. The molecule has 7 nitrogen and oxygen atoms in total. The number of halogens is 1. The fourth-order valence-electron chi connectivity index (χ4n) is 2.84. The van der Waals surface area contributed by atoms with Crippen molar-refractivity contribution < 1.29 is 18.7 Å². The number of anilines is 1. The molecule has 1 fully saturated rings. The Balaban J connectivity index is 2.27. The topological polar surface area (TPSA) is 94.8 Å². The highest BCUT2D eigenvalue weighted by atomic mass is 19.1. The molecule has 0 aromatic heterocycles. The molecule has 1 aliphatic rings. The quantitative estimate of drug-likeness (QED) is 0.485. The van der Waals surface area contributed by atoms with Crippen LogP contribution in [0.2, 0.25) is 0 Å². The summed E-state index contributed by atoms with van der Waals surface area (Å²) in [5.41, 5.74) is 3.03. The van der Waals surface area contributed by atoms with Crippen LogP contribution in [0.1, 0.15) is 30.1 Å². The molecule has 0 aliphatic carbocycles. The fraction of sp³-hybridized carbons (Fsp3) is 0.412. The van der Waals surface area contributed by atoms with E-state index in [9.17, 15) is 14.0 Å². The Kier molecular flexibility index (Phi) is 6.21. The van der Waals surface area contributed by atoms with E-state index in [0.717, 1.165) is 6.21 Å². The van der Waals surface area contributed by atoms with Gasteiger partial charge in [-0.25, -0.2) is 4.39 Å². The summed E-state index contributed by atoms with van der Waals surface area (Å²) in [4.78, 5) is 26.3. The summed E-state index contributed by atoms with van der Waals surface area (Å²) in [6.45, 7) is 2.17. The highest BCUT2D eigenvalue weighted by molar-refractivity contribution is 6.14. The molecular weight excluding hydrogens is 327 g/mol. The van der Waals surface area contributed by atoms with Crippen molar-refractivity contribution in [2.75, 3.05) is 19.1 Å². The van der Waals surface area contributed by atoms with E-state index in [1.807, 2.05) is 6.92 Å². The number of rotatable bonds is 5. The maximum absolute atomic E-state index is 13.5. The minimum absolute atomic E-state index is 0.0450. The van der Waals surface area contributed by atoms with Crippen LogP contribution in [0.5, 0.6) is 0 Å². The molecule has 1 heterocycles. The van der Waals surface area contributed by atoms with Crippen molar-refractivity contribution in [2.45, 2.75) is 25.8 Å². The number of hydrogen-bond acceptors (Lipinski definition) is 6. The van der Waals surface area contributed by atoms with Crippen molar-refractivity contribution in [1.29, 1.82) is 5.41 Å². The van der Waals surface area contributed by atoms with Gasteiger partial charge >= 0.3 is 5.97 Å². The molecule has 1 amide bonds. The Morgan fingerprint density at radius 1 is 1.44 bits per heavy atom. The summed E-state index contributed by atoms with van der Waals surface area (Å²) < 4.78 is 18.3. The first-order chi connectivity index (χ1) is 12.0. The number of nitrogens with one attached hydrogen (secondary N) is 2. The Morgan fingerprint density at radius 2 is 2.20 bits per heavy atom. The van der Waals surface area contributed by atoms with Crippen molar-refractivity contribution in [3.05, 3.63) is 29.6 Å². The molecule has 2 atom stereocenters. The second-order valence-corrected chi connectivity index (χ2v) is 5.85. The zero-order chi connectivity index (χ0) is 18.4. The number of hydrazone groups is 1. The first-order valence-corrected chi connectivity index (χ1v) is 7.94. The van der Waals surface area contributed by atoms with Crippen molar-refractivity contribution in [3.8, 4) is 0 Å². The number of ether oxygens (including phenoxy) is 1. The maximum Gasteiger partial charge on any atom is 0.310 e. The summed E-state index contributed by atoms with van der Waals surface area (Å²) in [5, 5.41) is 10.6. The third kappa shape index (κ3) is 4.40. The lowest BCUT2D eigenvalue weighted by Gasteiger charge is -2.37. The van der Waals surface area contributed by atoms with E-state index < -0.39 is 5.82 Å². The first-order valence-electron chi connectivity index (χ1n) is 7.94. The second kappa shape index (κ2) is 8.36. The van der Waals surface area contributed by atoms with Crippen LogP contribution in [-0.4, -0.2) is 48.9 Å². The van der Waals surface area contributed by atoms with Crippen LogP contribution in [0.15, 0.2) is 23.3 Å². The van der Waals surface area contributed by atoms with Crippen molar-refractivity contribution >= 4 is 30.0 Å². The van der Waals surface area contributed by atoms with Gasteiger partial charge in [0, 0.05) is 18.8 Å². The van der Waals surface area contributed by atoms with Gasteiger partial charge in [0.15, 0.2) is 0 Å². The van der Waals surface area contributed by atoms with Gasteiger partial charge in [-0.15, -0.1) is 0 Å². The zero-order valence-corrected chi connectivity index (χ0v) is 14.2. The molecule has 1 saturated heterocycles. The number of nitrogens with zero attached hydrogens (tertiary/aromatic N) is 2. The number of hydrogen-bond donors (Lipinski definition) is 2. The molecule has 0 spiro atoms. The van der Waals surface area contributed by atoms with E-state index in [2.05, 4.69) is 10.5 Å². The van der Waals surface area contributed by atoms with Gasteiger partial charge in [0.25, 0.3) is 5.91 Å². The lowest BCUT2D eigenvalue weighted by molar-refractivity contribution is -0.147. The van der Waals surface area contributed by atoms with E-state index in [0.29, 0.717) is 12.8 Å². The maximum atomic E-state index is 13.5. The van der Waals surface area contributed by atoms with Crippen LogP contribution >= 0.6 is 0 Å². The first kappa shape index (κ1) is 18.6. The highest BCUT2D eigenvalue weighted by Gasteiger charge is 2.34.